The molecule has 2 N–H and O–H groups in total. The van der Waals surface area contributed by atoms with E-state index in [2.05, 4.69) is 80.6 Å². The van der Waals surface area contributed by atoms with Gasteiger partial charge in [0.1, 0.15) is 0 Å². The van der Waals surface area contributed by atoms with Gasteiger partial charge in [-0.05, 0) is 38.7 Å². The van der Waals surface area contributed by atoms with Gasteiger partial charge in [0.2, 0.25) is 0 Å². The molecule has 6 heteroatoms. The second-order valence-electron chi connectivity index (χ2n) is 8.04. The molecule has 2 atom stereocenters. The zero-order valence-electron chi connectivity index (χ0n) is 18.9. The molecule has 1 aliphatic rings. The maximum Gasteiger partial charge on any atom is 0.193 e. The molecule has 0 spiro atoms. The maximum atomic E-state index is 5.54. The van der Waals surface area contributed by atoms with E-state index < -0.39 is 0 Å². The number of ether oxygens (including phenoxy) is 1. The molecule has 0 radical (unpaired) electrons. The number of hydrogen-bond acceptors (Lipinski definition) is 3. The molecule has 2 unspecified atom stereocenters. The molecule has 2 rings (SSSR count). The van der Waals surface area contributed by atoms with E-state index in [9.17, 15) is 0 Å². The highest BCUT2D eigenvalue weighted by atomic mass is 127. The van der Waals surface area contributed by atoms with Gasteiger partial charge in [0, 0.05) is 44.2 Å². The number of aliphatic imine (C=N–C) groups is 1. The van der Waals surface area contributed by atoms with Crippen LogP contribution in [0.4, 0.5) is 0 Å². The van der Waals surface area contributed by atoms with Crippen LogP contribution >= 0.6 is 24.0 Å². The van der Waals surface area contributed by atoms with Crippen LogP contribution < -0.4 is 10.6 Å². The average molecular weight is 517 g/mol. The largest absolute Gasteiger partial charge is 0.381 e. The maximum absolute atomic E-state index is 5.54. The smallest absolute Gasteiger partial charge is 0.193 e. The number of nitrogens with one attached hydrogen (secondary N) is 2. The van der Waals surface area contributed by atoms with Crippen molar-refractivity contribution in [2.45, 2.75) is 58.5 Å². The van der Waals surface area contributed by atoms with Crippen molar-refractivity contribution in [3.63, 3.8) is 0 Å². The Morgan fingerprint density at radius 3 is 2.48 bits per heavy atom. The van der Waals surface area contributed by atoms with Gasteiger partial charge in [0.15, 0.2) is 5.96 Å². The number of nitrogens with zero attached hydrogens (tertiary/aromatic N) is 2. The molecule has 29 heavy (non-hydrogen) atoms. The fourth-order valence-electron chi connectivity index (χ4n) is 3.90. The van der Waals surface area contributed by atoms with Gasteiger partial charge in [0.05, 0.1) is 13.2 Å². The highest BCUT2D eigenvalue weighted by Crippen LogP contribution is 2.23. The Bertz CT molecular complexity index is 586. The third-order valence-electron chi connectivity index (χ3n) is 5.96. The lowest BCUT2D eigenvalue weighted by Crippen LogP contribution is -2.49. The Morgan fingerprint density at radius 2 is 1.93 bits per heavy atom. The van der Waals surface area contributed by atoms with Crippen molar-refractivity contribution in [1.29, 1.82) is 0 Å². The molecule has 0 saturated carbocycles. The van der Waals surface area contributed by atoms with Crippen molar-refractivity contribution in [3.8, 4) is 0 Å². The van der Waals surface area contributed by atoms with Crippen LogP contribution in [-0.2, 0) is 4.74 Å². The van der Waals surface area contributed by atoms with E-state index >= 15 is 0 Å². The first-order chi connectivity index (χ1) is 13.5. The molecule has 1 aromatic rings. The van der Waals surface area contributed by atoms with Crippen LogP contribution in [0.25, 0.3) is 0 Å². The zero-order chi connectivity index (χ0) is 20.4. The Hall–Kier alpha value is -0.860. The summed E-state index contributed by atoms with van der Waals surface area (Å²) in [6.07, 6.45) is 3.24. The molecule has 1 saturated heterocycles. The van der Waals surface area contributed by atoms with Crippen LogP contribution in [0.2, 0.25) is 0 Å². The fourth-order valence-corrected chi connectivity index (χ4v) is 3.90. The Labute approximate surface area is 195 Å². The number of rotatable bonds is 10. The second kappa shape index (κ2) is 13.4. The van der Waals surface area contributed by atoms with Gasteiger partial charge in [-0.25, -0.2) is 0 Å². The number of hydrogen-bond donors (Lipinski definition) is 2. The lowest BCUT2D eigenvalue weighted by Gasteiger charge is -2.36. The van der Waals surface area contributed by atoms with E-state index in [-0.39, 0.29) is 29.5 Å². The zero-order valence-corrected chi connectivity index (χ0v) is 21.2. The van der Waals surface area contributed by atoms with E-state index in [1.165, 1.54) is 5.56 Å². The predicted molar refractivity (Wildman–Crippen MR) is 134 cm³/mol. The molecule has 0 aliphatic carbocycles. The minimum Gasteiger partial charge on any atom is -0.381 e. The number of benzene rings is 1. The SMILES string of the molecule is CCNC(=NCC(CC)(CC)NC(C)c1ccccc1)N(C)CC1CCOC1.I. The van der Waals surface area contributed by atoms with Gasteiger partial charge >= 0.3 is 0 Å². The molecule has 166 valence electrons. The summed E-state index contributed by atoms with van der Waals surface area (Å²) < 4.78 is 5.54. The van der Waals surface area contributed by atoms with Crippen molar-refractivity contribution >= 4 is 29.9 Å². The van der Waals surface area contributed by atoms with Crippen LogP contribution in [0.3, 0.4) is 0 Å². The average Bonchev–Trinajstić information content (AvgIpc) is 3.23. The Kier molecular flexibility index (Phi) is 12.1. The van der Waals surface area contributed by atoms with Gasteiger partial charge in [-0.1, -0.05) is 44.2 Å². The molecule has 1 heterocycles. The van der Waals surface area contributed by atoms with Crippen LogP contribution in [0.15, 0.2) is 35.3 Å². The third-order valence-corrected chi connectivity index (χ3v) is 5.96. The van der Waals surface area contributed by atoms with Gasteiger partial charge in [0.25, 0.3) is 0 Å². The van der Waals surface area contributed by atoms with E-state index in [1.54, 1.807) is 0 Å². The number of guanidine groups is 1. The molecule has 1 aliphatic heterocycles. The standard InChI is InChI=1S/C23H40N4O.HI/c1-6-23(7-2,26-19(4)21-12-10-9-11-13-21)18-25-22(24-8-3)27(5)16-20-14-15-28-17-20;/h9-13,19-20,26H,6-8,14-18H2,1-5H3,(H,24,25);1H. The van der Waals surface area contributed by atoms with Crippen LogP contribution in [0, 0.1) is 5.92 Å². The lowest BCUT2D eigenvalue weighted by molar-refractivity contribution is 0.181. The first-order valence-electron chi connectivity index (χ1n) is 10.9. The van der Waals surface area contributed by atoms with Gasteiger partial charge in [-0.2, -0.15) is 0 Å². The van der Waals surface area contributed by atoms with E-state index in [4.69, 9.17) is 9.73 Å². The highest BCUT2D eigenvalue weighted by molar-refractivity contribution is 14.0. The Morgan fingerprint density at radius 1 is 1.24 bits per heavy atom. The van der Waals surface area contributed by atoms with Crippen molar-refractivity contribution in [2.75, 3.05) is 39.9 Å². The summed E-state index contributed by atoms with van der Waals surface area (Å²) >= 11 is 0. The minimum atomic E-state index is -0.00671. The number of halogens is 1. The van der Waals surface area contributed by atoms with E-state index in [1.807, 2.05) is 0 Å². The summed E-state index contributed by atoms with van der Waals surface area (Å²) in [5, 5.41) is 7.35. The van der Waals surface area contributed by atoms with Crippen LogP contribution in [0.5, 0.6) is 0 Å². The summed E-state index contributed by atoms with van der Waals surface area (Å²) in [5.74, 6) is 1.60. The van der Waals surface area contributed by atoms with Crippen LogP contribution in [-0.4, -0.2) is 56.3 Å². The quantitative estimate of drug-likeness (QED) is 0.274. The molecule has 0 amide bonds. The fraction of sp³-hybridized carbons (Fsp3) is 0.696. The van der Waals surface area contributed by atoms with Crippen molar-refractivity contribution in [1.82, 2.24) is 15.5 Å². The molecule has 0 aromatic heterocycles. The second-order valence-corrected chi connectivity index (χ2v) is 8.04. The Balaban J connectivity index is 0.00000420. The third kappa shape index (κ3) is 8.06. The van der Waals surface area contributed by atoms with Gasteiger partial charge in [-0.3, -0.25) is 4.99 Å². The van der Waals surface area contributed by atoms with Gasteiger partial charge in [-0.15, -0.1) is 24.0 Å². The summed E-state index contributed by atoms with van der Waals surface area (Å²) in [5.41, 5.74) is 1.32. The molecule has 1 fully saturated rings. The first kappa shape index (κ1) is 26.2. The predicted octanol–water partition coefficient (Wildman–Crippen LogP) is 4.45. The summed E-state index contributed by atoms with van der Waals surface area (Å²) in [4.78, 5) is 7.31. The monoisotopic (exact) mass is 516 g/mol. The van der Waals surface area contributed by atoms with Crippen molar-refractivity contribution in [3.05, 3.63) is 35.9 Å². The summed E-state index contributed by atoms with van der Waals surface area (Å²) in [7, 11) is 2.14. The van der Waals surface area contributed by atoms with Crippen molar-refractivity contribution < 1.29 is 4.74 Å². The topological polar surface area (TPSA) is 48.9 Å². The van der Waals surface area contributed by atoms with E-state index in [0.29, 0.717) is 12.0 Å². The molecular weight excluding hydrogens is 475 g/mol. The van der Waals surface area contributed by atoms with E-state index in [0.717, 1.165) is 58.1 Å². The van der Waals surface area contributed by atoms with Gasteiger partial charge < -0.3 is 20.3 Å². The minimum absolute atomic E-state index is 0. The summed E-state index contributed by atoms with van der Waals surface area (Å²) in [6, 6.07) is 11.0. The molecule has 1 aromatic carbocycles. The lowest BCUT2D eigenvalue weighted by atomic mass is 9.90. The van der Waals surface area contributed by atoms with Crippen LogP contribution in [0.1, 0.15) is 58.6 Å². The molecule has 5 nitrogen and oxygen atoms in total. The van der Waals surface area contributed by atoms with Crippen molar-refractivity contribution in [2.24, 2.45) is 10.9 Å². The normalized spacial score (nSPS) is 18.2. The molecular formula is C23H41IN4O. The first-order valence-corrected chi connectivity index (χ1v) is 10.9. The summed E-state index contributed by atoms with van der Waals surface area (Å²) in [6.45, 7) is 13.3. The molecule has 0 bridgehead atoms. The highest BCUT2D eigenvalue weighted by Gasteiger charge is 2.28.